The molecule has 0 aliphatic carbocycles. The molecule has 0 saturated heterocycles. The van der Waals surface area contributed by atoms with Crippen molar-refractivity contribution in [2.24, 2.45) is 0 Å². The van der Waals surface area contributed by atoms with Gasteiger partial charge in [-0.15, -0.1) is 11.3 Å². The van der Waals surface area contributed by atoms with Gasteiger partial charge in [-0.25, -0.2) is 4.79 Å². The average molecular weight is 403 g/mol. The van der Waals surface area contributed by atoms with Crippen LogP contribution in [0.25, 0.3) is 20.3 Å². The molecule has 2 heterocycles. The molecule has 0 spiro atoms. The third kappa shape index (κ3) is 2.28. The molecule has 0 unspecified atom stereocenters. The quantitative estimate of drug-likeness (QED) is 0.522. The third-order valence-corrected chi connectivity index (χ3v) is 5.57. The van der Waals surface area contributed by atoms with Crippen molar-refractivity contribution < 1.29 is 5.21 Å². The summed E-state index contributed by atoms with van der Waals surface area (Å²) < 4.78 is 3.85. The van der Waals surface area contributed by atoms with Crippen LogP contribution in [0, 0.1) is 0 Å². The summed E-state index contributed by atoms with van der Waals surface area (Å²) in [5.41, 5.74) is 0.0524. The van der Waals surface area contributed by atoms with Crippen LogP contribution in [0.3, 0.4) is 0 Å². The largest absolute Gasteiger partial charge is 0.421 e. The fraction of sp³-hybridized carbons (Fsp3) is 0.0588. The summed E-state index contributed by atoms with van der Waals surface area (Å²) in [7, 11) is 0. The van der Waals surface area contributed by atoms with Gasteiger partial charge in [0, 0.05) is 14.6 Å². The van der Waals surface area contributed by atoms with Crippen LogP contribution in [0.1, 0.15) is 5.56 Å². The van der Waals surface area contributed by atoms with Crippen LogP contribution in [0.5, 0.6) is 0 Å². The first kappa shape index (κ1) is 15.2. The van der Waals surface area contributed by atoms with E-state index in [1.54, 1.807) is 0 Å². The summed E-state index contributed by atoms with van der Waals surface area (Å²) in [5, 5.41) is 10.7. The smallest absolute Gasteiger partial charge is 0.365 e. The molecule has 7 heteroatoms. The molecule has 5 nitrogen and oxygen atoms in total. The van der Waals surface area contributed by atoms with Gasteiger partial charge >= 0.3 is 11.2 Å². The predicted molar refractivity (Wildman–Crippen MR) is 98.3 cm³/mol. The molecule has 4 aromatic rings. The van der Waals surface area contributed by atoms with E-state index in [0.29, 0.717) is 10.2 Å². The Bertz CT molecular complexity index is 1190. The van der Waals surface area contributed by atoms with Crippen LogP contribution in [-0.4, -0.2) is 14.5 Å². The fourth-order valence-corrected chi connectivity index (χ4v) is 4.15. The Morgan fingerprint density at radius 3 is 2.50 bits per heavy atom. The molecule has 0 aliphatic heterocycles. The highest BCUT2D eigenvalue weighted by Crippen LogP contribution is 2.31. The van der Waals surface area contributed by atoms with Gasteiger partial charge in [0.25, 0.3) is 0 Å². The van der Waals surface area contributed by atoms with E-state index in [4.69, 9.17) is 0 Å². The Hall–Kier alpha value is -2.38. The van der Waals surface area contributed by atoms with Crippen LogP contribution in [0.4, 0.5) is 0 Å². The van der Waals surface area contributed by atoms with Crippen LogP contribution in [0.15, 0.2) is 62.6 Å². The van der Waals surface area contributed by atoms with E-state index in [9.17, 15) is 14.8 Å². The minimum absolute atomic E-state index is 0.191. The molecule has 0 bridgehead atoms. The summed E-state index contributed by atoms with van der Waals surface area (Å²) >= 11 is 4.66. The van der Waals surface area contributed by atoms with Gasteiger partial charge in [0.05, 0.1) is 12.1 Å². The van der Waals surface area contributed by atoms with E-state index in [1.807, 2.05) is 48.5 Å². The van der Waals surface area contributed by atoms with Crippen molar-refractivity contribution in [2.75, 3.05) is 0 Å². The SMILES string of the molecule is O=c1c2sc3ccccc3c2n(Cc2ccc(Br)cc2)c(=O)n1O. The number of aromatic nitrogens is 2. The van der Waals surface area contributed by atoms with Crippen LogP contribution in [0.2, 0.25) is 0 Å². The molecule has 2 aromatic carbocycles. The normalized spacial score (nSPS) is 11.4. The Labute approximate surface area is 148 Å². The molecule has 4 rings (SSSR count). The third-order valence-electron chi connectivity index (χ3n) is 3.89. The van der Waals surface area contributed by atoms with E-state index in [-0.39, 0.29) is 11.3 Å². The second kappa shape index (κ2) is 5.61. The maximum Gasteiger partial charge on any atom is 0.365 e. The highest BCUT2D eigenvalue weighted by Gasteiger charge is 2.17. The van der Waals surface area contributed by atoms with Crippen molar-refractivity contribution in [3.8, 4) is 0 Å². The molecular formula is C17H11BrN2O3S. The minimum atomic E-state index is -0.737. The second-order valence-corrected chi connectivity index (χ2v) is 7.36. The number of rotatable bonds is 2. The lowest BCUT2D eigenvalue weighted by Crippen LogP contribution is -2.38. The molecule has 0 radical (unpaired) electrons. The van der Waals surface area contributed by atoms with Gasteiger partial charge in [0.1, 0.15) is 4.70 Å². The number of fused-ring (bicyclic) bond motifs is 3. The van der Waals surface area contributed by atoms with E-state index >= 15 is 0 Å². The van der Waals surface area contributed by atoms with Crippen molar-refractivity contribution >= 4 is 47.6 Å². The molecule has 24 heavy (non-hydrogen) atoms. The van der Waals surface area contributed by atoms with Crippen molar-refractivity contribution in [3.63, 3.8) is 0 Å². The predicted octanol–water partition coefficient (Wildman–Crippen LogP) is 3.43. The molecule has 0 fully saturated rings. The molecule has 2 aromatic heterocycles. The van der Waals surface area contributed by atoms with Gasteiger partial charge in [0.2, 0.25) is 0 Å². The zero-order valence-corrected chi connectivity index (χ0v) is 14.7. The summed E-state index contributed by atoms with van der Waals surface area (Å²) in [6.45, 7) is 0.268. The lowest BCUT2D eigenvalue weighted by atomic mass is 10.2. The van der Waals surface area contributed by atoms with Crippen molar-refractivity contribution in [1.82, 2.24) is 9.30 Å². The fourth-order valence-electron chi connectivity index (χ4n) is 2.76. The molecular weight excluding hydrogens is 392 g/mol. The molecule has 0 atom stereocenters. The number of thiophene rings is 1. The van der Waals surface area contributed by atoms with Gasteiger partial charge in [-0.3, -0.25) is 9.36 Å². The number of benzene rings is 2. The molecule has 0 aliphatic rings. The van der Waals surface area contributed by atoms with Crippen LogP contribution in [-0.2, 0) is 6.54 Å². The summed E-state index contributed by atoms with van der Waals surface area (Å²) in [6.07, 6.45) is 0. The summed E-state index contributed by atoms with van der Waals surface area (Å²) in [6, 6.07) is 15.1. The van der Waals surface area contributed by atoms with Gasteiger partial charge in [-0.2, -0.15) is 0 Å². The van der Waals surface area contributed by atoms with Crippen molar-refractivity contribution in [1.29, 1.82) is 0 Å². The first-order chi connectivity index (χ1) is 11.6. The first-order valence-electron chi connectivity index (χ1n) is 7.17. The number of nitrogens with zero attached hydrogens (tertiary/aromatic N) is 2. The van der Waals surface area contributed by atoms with E-state index < -0.39 is 11.2 Å². The van der Waals surface area contributed by atoms with Gasteiger partial charge in [0.15, 0.2) is 0 Å². The number of hydrogen-bond donors (Lipinski definition) is 1. The van der Waals surface area contributed by atoms with Gasteiger partial charge in [-0.1, -0.05) is 51.0 Å². The van der Waals surface area contributed by atoms with Gasteiger partial charge in [-0.05, 0) is 23.8 Å². The van der Waals surface area contributed by atoms with Crippen LogP contribution >= 0.6 is 27.3 Å². The zero-order chi connectivity index (χ0) is 16.8. The number of hydrogen-bond acceptors (Lipinski definition) is 4. The second-order valence-electron chi connectivity index (χ2n) is 5.39. The van der Waals surface area contributed by atoms with E-state index in [0.717, 1.165) is 20.1 Å². The first-order valence-corrected chi connectivity index (χ1v) is 8.78. The maximum atomic E-state index is 12.5. The monoisotopic (exact) mass is 402 g/mol. The zero-order valence-electron chi connectivity index (χ0n) is 12.3. The lowest BCUT2D eigenvalue weighted by molar-refractivity contribution is 0.158. The Balaban J connectivity index is 2.08. The molecule has 0 saturated carbocycles. The van der Waals surface area contributed by atoms with E-state index in [1.165, 1.54) is 15.9 Å². The highest BCUT2D eigenvalue weighted by molar-refractivity contribution is 9.10. The topological polar surface area (TPSA) is 64.2 Å². The van der Waals surface area contributed by atoms with Gasteiger partial charge < -0.3 is 5.21 Å². The average Bonchev–Trinajstić information content (AvgIpc) is 2.98. The molecule has 0 amide bonds. The minimum Gasteiger partial charge on any atom is -0.421 e. The number of halogens is 1. The van der Waals surface area contributed by atoms with Crippen molar-refractivity contribution in [3.05, 3.63) is 79.4 Å². The standard InChI is InChI=1S/C17H11BrN2O3S/c18-11-7-5-10(6-8-11)9-19-14-12-3-1-2-4-13(12)24-15(14)16(21)20(23)17(19)22/h1-8,23H,9H2. The maximum absolute atomic E-state index is 12.5. The highest BCUT2D eigenvalue weighted by atomic mass is 79.9. The molecule has 120 valence electrons. The van der Waals surface area contributed by atoms with Crippen LogP contribution < -0.4 is 11.2 Å². The summed E-state index contributed by atoms with van der Waals surface area (Å²) in [4.78, 5) is 24.8. The lowest BCUT2D eigenvalue weighted by Gasteiger charge is -2.09. The molecule has 1 N–H and O–H groups in total. The van der Waals surface area contributed by atoms with E-state index in [2.05, 4.69) is 15.9 Å². The Morgan fingerprint density at radius 2 is 1.75 bits per heavy atom. The van der Waals surface area contributed by atoms with Crippen molar-refractivity contribution in [2.45, 2.75) is 6.54 Å². The Kier molecular flexibility index (Phi) is 3.54. The summed E-state index contributed by atoms with van der Waals surface area (Å²) in [5.74, 6) is 0. The Morgan fingerprint density at radius 1 is 1.04 bits per heavy atom.